The van der Waals surface area contributed by atoms with E-state index in [1.165, 1.54) is 11.3 Å². The van der Waals surface area contributed by atoms with Crippen molar-refractivity contribution in [2.45, 2.75) is 39.8 Å². The Balaban J connectivity index is 3.05. The lowest BCUT2D eigenvalue weighted by molar-refractivity contribution is 0.268. The van der Waals surface area contributed by atoms with Crippen molar-refractivity contribution in [1.29, 1.82) is 0 Å². The number of aliphatic hydroxyl groups is 1. The Morgan fingerprint density at radius 2 is 2.13 bits per heavy atom. The molecule has 4 nitrogen and oxygen atoms in total. The quantitative estimate of drug-likeness (QED) is 0.768. The van der Waals surface area contributed by atoms with E-state index in [0.29, 0.717) is 0 Å². The highest BCUT2D eigenvalue weighted by Gasteiger charge is 2.18. The Morgan fingerprint density at radius 3 is 2.53 bits per heavy atom. The summed E-state index contributed by atoms with van der Waals surface area (Å²) >= 11 is 0. The van der Waals surface area contributed by atoms with E-state index in [-0.39, 0.29) is 12.6 Å². The molecule has 0 amide bonds. The highest BCUT2D eigenvalue weighted by Crippen LogP contribution is 2.23. The van der Waals surface area contributed by atoms with Crippen LogP contribution in [0.4, 0.5) is 0 Å². The summed E-state index contributed by atoms with van der Waals surface area (Å²) in [5.74, 6) is 0. The highest BCUT2D eigenvalue weighted by molar-refractivity contribution is 5.28. The Bertz CT molecular complexity index is 320. The van der Waals surface area contributed by atoms with Crippen molar-refractivity contribution in [3.8, 4) is 0 Å². The van der Waals surface area contributed by atoms with E-state index < -0.39 is 0 Å². The maximum absolute atomic E-state index is 9.01. The first-order chi connectivity index (χ1) is 7.15. The first kappa shape index (κ1) is 12.2. The number of aromatic nitrogens is 2. The van der Waals surface area contributed by atoms with Crippen LogP contribution in [0.2, 0.25) is 0 Å². The number of hydrogen-bond donors (Lipinski definition) is 2. The molecule has 0 saturated heterocycles. The Morgan fingerprint density at radius 1 is 1.47 bits per heavy atom. The fourth-order valence-electron chi connectivity index (χ4n) is 2.09. The second-order valence-electron chi connectivity index (χ2n) is 3.75. The van der Waals surface area contributed by atoms with Crippen molar-refractivity contribution < 1.29 is 5.11 Å². The number of nitrogens with zero attached hydrogens (tertiary/aromatic N) is 2. The lowest BCUT2D eigenvalue weighted by Gasteiger charge is -2.15. The van der Waals surface area contributed by atoms with Crippen LogP contribution in [0.15, 0.2) is 0 Å². The van der Waals surface area contributed by atoms with Crippen LogP contribution in [-0.2, 0) is 6.54 Å². The van der Waals surface area contributed by atoms with Crippen molar-refractivity contribution in [2.75, 3.05) is 13.7 Å². The zero-order chi connectivity index (χ0) is 11.4. The minimum atomic E-state index is 0.196. The normalized spacial score (nSPS) is 13.1. The van der Waals surface area contributed by atoms with E-state index in [1.807, 2.05) is 18.7 Å². The van der Waals surface area contributed by atoms with E-state index in [1.54, 1.807) is 0 Å². The molecule has 1 heterocycles. The van der Waals surface area contributed by atoms with Crippen LogP contribution in [0.5, 0.6) is 0 Å². The van der Waals surface area contributed by atoms with Crippen molar-refractivity contribution in [3.63, 3.8) is 0 Å². The first-order valence-corrected chi connectivity index (χ1v) is 5.47. The average Bonchev–Trinajstić information content (AvgIpc) is 2.51. The van der Waals surface area contributed by atoms with Gasteiger partial charge in [-0.05, 0) is 34.2 Å². The number of aryl methyl sites for hydroxylation is 2. The summed E-state index contributed by atoms with van der Waals surface area (Å²) in [6, 6.07) is 0.204. The molecule has 86 valence electrons. The summed E-state index contributed by atoms with van der Waals surface area (Å²) in [5.41, 5.74) is 3.48. The van der Waals surface area contributed by atoms with E-state index in [9.17, 15) is 0 Å². The third kappa shape index (κ3) is 2.38. The number of aliphatic hydroxyl groups excluding tert-OH is 1. The van der Waals surface area contributed by atoms with E-state index in [0.717, 1.165) is 18.7 Å². The van der Waals surface area contributed by atoms with Gasteiger partial charge in [-0.15, -0.1) is 0 Å². The summed E-state index contributed by atoms with van der Waals surface area (Å²) in [7, 11) is 1.92. The van der Waals surface area contributed by atoms with Gasteiger partial charge in [-0.25, -0.2) is 0 Å². The Labute approximate surface area is 91.3 Å². The topological polar surface area (TPSA) is 50.1 Å². The molecule has 0 spiro atoms. The fraction of sp³-hybridized carbons (Fsp3) is 0.727. The van der Waals surface area contributed by atoms with E-state index in [4.69, 9.17) is 5.11 Å². The van der Waals surface area contributed by atoms with Gasteiger partial charge in [0.1, 0.15) is 0 Å². The molecular formula is C11H21N3O. The van der Waals surface area contributed by atoms with Crippen LogP contribution in [0.1, 0.15) is 36.3 Å². The highest BCUT2D eigenvalue weighted by atomic mass is 16.3. The molecule has 0 aliphatic rings. The summed E-state index contributed by atoms with van der Waals surface area (Å²) in [6.45, 7) is 7.28. The number of hydrogen-bond acceptors (Lipinski definition) is 3. The Kier molecular flexibility index (Phi) is 4.29. The molecule has 1 atom stereocenters. The smallest absolute Gasteiger partial charge is 0.0644 e. The van der Waals surface area contributed by atoms with Gasteiger partial charge < -0.3 is 10.4 Å². The molecule has 0 fully saturated rings. The molecule has 0 saturated carbocycles. The molecule has 0 aliphatic heterocycles. The molecule has 1 unspecified atom stereocenters. The zero-order valence-corrected chi connectivity index (χ0v) is 10.0. The molecular weight excluding hydrogens is 190 g/mol. The monoisotopic (exact) mass is 211 g/mol. The minimum absolute atomic E-state index is 0.196. The van der Waals surface area contributed by atoms with Gasteiger partial charge >= 0.3 is 0 Å². The first-order valence-electron chi connectivity index (χ1n) is 5.47. The van der Waals surface area contributed by atoms with Gasteiger partial charge in [0.15, 0.2) is 0 Å². The SMILES string of the molecule is CCn1nc(C)c(C(CCO)NC)c1C. The standard InChI is InChI=1S/C11H21N3O/c1-5-14-9(3)11(8(2)13-14)10(12-4)6-7-15/h10,12,15H,5-7H2,1-4H3. The van der Waals surface area contributed by atoms with Crippen molar-refractivity contribution in [3.05, 3.63) is 17.0 Å². The second kappa shape index (κ2) is 5.28. The van der Waals surface area contributed by atoms with Crippen molar-refractivity contribution in [2.24, 2.45) is 0 Å². The fourth-order valence-corrected chi connectivity index (χ4v) is 2.09. The third-order valence-electron chi connectivity index (χ3n) is 2.85. The Hall–Kier alpha value is -0.870. The summed E-state index contributed by atoms with van der Waals surface area (Å²) in [4.78, 5) is 0. The van der Waals surface area contributed by atoms with Gasteiger partial charge in [0.25, 0.3) is 0 Å². The predicted molar refractivity (Wildman–Crippen MR) is 60.9 cm³/mol. The summed E-state index contributed by atoms with van der Waals surface area (Å²) in [5, 5.41) is 16.7. The van der Waals surface area contributed by atoms with Crippen molar-refractivity contribution >= 4 is 0 Å². The zero-order valence-electron chi connectivity index (χ0n) is 10.0. The molecule has 15 heavy (non-hydrogen) atoms. The van der Waals surface area contributed by atoms with Crippen molar-refractivity contribution in [1.82, 2.24) is 15.1 Å². The van der Waals surface area contributed by atoms with Gasteiger partial charge in [0.05, 0.1) is 5.69 Å². The molecule has 2 N–H and O–H groups in total. The minimum Gasteiger partial charge on any atom is -0.396 e. The van der Waals surface area contributed by atoms with Gasteiger partial charge in [-0.1, -0.05) is 0 Å². The van der Waals surface area contributed by atoms with Crippen LogP contribution in [0.3, 0.4) is 0 Å². The average molecular weight is 211 g/mol. The van der Waals surface area contributed by atoms with Crippen LogP contribution < -0.4 is 5.32 Å². The van der Waals surface area contributed by atoms with Gasteiger partial charge in [0.2, 0.25) is 0 Å². The van der Waals surface area contributed by atoms with Crippen LogP contribution in [0.25, 0.3) is 0 Å². The maximum atomic E-state index is 9.01. The molecule has 0 aromatic carbocycles. The molecule has 1 aromatic rings. The van der Waals surface area contributed by atoms with Crippen LogP contribution in [0, 0.1) is 13.8 Å². The molecule has 0 aliphatic carbocycles. The van der Waals surface area contributed by atoms with Gasteiger partial charge in [0, 0.05) is 30.5 Å². The largest absolute Gasteiger partial charge is 0.396 e. The van der Waals surface area contributed by atoms with E-state index >= 15 is 0 Å². The lowest BCUT2D eigenvalue weighted by atomic mass is 10.0. The molecule has 4 heteroatoms. The molecule has 1 aromatic heterocycles. The van der Waals surface area contributed by atoms with Crippen LogP contribution >= 0.6 is 0 Å². The summed E-state index contributed by atoms with van der Waals surface area (Å²) in [6.07, 6.45) is 0.730. The van der Waals surface area contributed by atoms with Gasteiger partial charge in [-0.2, -0.15) is 5.10 Å². The molecule has 1 rings (SSSR count). The molecule has 0 bridgehead atoms. The number of nitrogens with one attached hydrogen (secondary N) is 1. The predicted octanol–water partition coefficient (Wildman–Crippen LogP) is 1.16. The summed E-state index contributed by atoms with van der Waals surface area (Å²) < 4.78 is 2.01. The third-order valence-corrected chi connectivity index (χ3v) is 2.85. The number of rotatable bonds is 5. The lowest BCUT2D eigenvalue weighted by Crippen LogP contribution is -2.19. The second-order valence-corrected chi connectivity index (χ2v) is 3.75. The van der Waals surface area contributed by atoms with E-state index in [2.05, 4.69) is 24.3 Å². The molecule has 0 radical (unpaired) electrons. The van der Waals surface area contributed by atoms with Crippen LogP contribution in [-0.4, -0.2) is 28.5 Å². The maximum Gasteiger partial charge on any atom is 0.0644 e. The van der Waals surface area contributed by atoms with Gasteiger partial charge in [-0.3, -0.25) is 4.68 Å².